The average molecular weight is 214 g/mol. The zero-order valence-electron chi connectivity index (χ0n) is 9.65. The van der Waals surface area contributed by atoms with E-state index in [4.69, 9.17) is 5.11 Å². The van der Waals surface area contributed by atoms with E-state index in [1.165, 1.54) is 32.1 Å². The van der Waals surface area contributed by atoms with Gasteiger partial charge in [0.25, 0.3) is 0 Å². The lowest BCUT2D eigenvalue weighted by Crippen LogP contribution is -2.35. The lowest BCUT2D eigenvalue weighted by atomic mass is 9.74. The first-order valence-corrected chi connectivity index (χ1v) is 5.95. The van der Waals surface area contributed by atoms with Gasteiger partial charge < -0.3 is 10.2 Å². The quantitative estimate of drug-likeness (QED) is 0.755. The van der Waals surface area contributed by atoms with Crippen LogP contribution < -0.4 is 0 Å². The molecule has 3 atom stereocenters. The molecule has 0 bridgehead atoms. The molecule has 0 aromatic rings. The maximum Gasteiger partial charge on any atom is 0.332 e. The van der Waals surface area contributed by atoms with Crippen LogP contribution >= 0.6 is 0 Å². The van der Waals surface area contributed by atoms with Crippen molar-refractivity contribution >= 4 is 5.97 Å². The minimum atomic E-state index is -1.21. The topological polar surface area (TPSA) is 57.5 Å². The zero-order chi connectivity index (χ0) is 11.4. The van der Waals surface area contributed by atoms with Crippen LogP contribution in [0.5, 0.6) is 0 Å². The predicted octanol–water partition coefficient (Wildman–Crippen LogP) is 2.28. The number of carboxylic acid groups (broad SMARTS) is 1. The van der Waals surface area contributed by atoms with Crippen LogP contribution in [0.25, 0.3) is 0 Å². The summed E-state index contributed by atoms with van der Waals surface area (Å²) < 4.78 is 0. The van der Waals surface area contributed by atoms with E-state index in [-0.39, 0.29) is 5.92 Å². The van der Waals surface area contributed by atoms with Gasteiger partial charge in [0, 0.05) is 0 Å². The van der Waals surface area contributed by atoms with Gasteiger partial charge in [-0.3, -0.25) is 0 Å². The van der Waals surface area contributed by atoms with Crippen molar-refractivity contribution in [1.29, 1.82) is 0 Å². The van der Waals surface area contributed by atoms with E-state index in [0.29, 0.717) is 11.8 Å². The van der Waals surface area contributed by atoms with E-state index in [2.05, 4.69) is 6.92 Å². The standard InChI is InChI=1S/C12H22O3/c1-8(9(2)11(13)12(14)15)10-6-4-3-5-7-10/h8-11,13H,3-7H2,1-2H3,(H,14,15). The summed E-state index contributed by atoms with van der Waals surface area (Å²) in [7, 11) is 0. The Bertz CT molecular complexity index is 209. The Kier molecular flexibility index (Phi) is 4.58. The van der Waals surface area contributed by atoms with Gasteiger partial charge in [0.2, 0.25) is 0 Å². The maximum absolute atomic E-state index is 10.7. The van der Waals surface area contributed by atoms with Gasteiger partial charge >= 0.3 is 5.97 Å². The Morgan fingerprint density at radius 1 is 1.20 bits per heavy atom. The van der Waals surface area contributed by atoms with Gasteiger partial charge in [-0.25, -0.2) is 4.79 Å². The molecule has 1 saturated carbocycles. The Morgan fingerprint density at radius 2 is 1.73 bits per heavy atom. The Hall–Kier alpha value is -0.570. The summed E-state index contributed by atoms with van der Waals surface area (Å²) in [6.45, 7) is 3.92. The average Bonchev–Trinajstić information content (AvgIpc) is 2.27. The molecule has 1 rings (SSSR count). The largest absolute Gasteiger partial charge is 0.479 e. The van der Waals surface area contributed by atoms with E-state index in [1.54, 1.807) is 0 Å². The molecule has 3 heteroatoms. The molecule has 0 amide bonds. The second-order valence-corrected chi connectivity index (χ2v) is 4.90. The normalized spacial score (nSPS) is 24.5. The van der Waals surface area contributed by atoms with Gasteiger partial charge in [0.05, 0.1) is 0 Å². The van der Waals surface area contributed by atoms with Gasteiger partial charge in [-0.1, -0.05) is 46.0 Å². The first-order valence-electron chi connectivity index (χ1n) is 5.95. The predicted molar refractivity (Wildman–Crippen MR) is 58.5 cm³/mol. The van der Waals surface area contributed by atoms with Gasteiger partial charge in [0.1, 0.15) is 0 Å². The smallest absolute Gasteiger partial charge is 0.332 e. The summed E-state index contributed by atoms with van der Waals surface area (Å²) >= 11 is 0. The lowest BCUT2D eigenvalue weighted by molar-refractivity contribution is -0.150. The molecule has 3 nitrogen and oxygen atoms in total. The molecule has 1 aliphatic carbocycles. The number of carbonyl (C=O) groups is 1. The molecule has 2 N–H and O–H groups in total. The highest BCUT2D eigenvalue weighted by atomic mass is 16.4. The van der Waals surface area contributed by atoms with Crippen LogP contribution in [0.1, 0.15) is 46.0 Å². The molecule has 88 valence electrons. The van der Waals surface area contributed by atoms with E-state index in [1.807, 2.05) is 6.92 Å². The molecule has 3 unspecified atom stereocenters. The van der Waals surface area contributed by atoms with Crippen LogP contribution in [0.4, 0.5) is 0 Å². The summed E-state index contributed by atoms with van der Waals surface area (Å²) in [5, 5.41) is 18.2. The summed E-state index contributed by atoms with van der Waals surface area (Å²) in [5.74, 6) is -0.338. The van der Waals surface area contributed by atoms with Crippen molar-refractivity contribution in [3.8, 4) is 0 Å². The molecule has 0 aliphatic heterocycles. The first kappa shape index (κ1) is 12.5. The number of hydrogen-bond acceptors (Lipinski definition) is 2. The van der Waals surface area contributed by atoms with Crippen molar-refractivity contribution in [3.63, 3.8) is 0 Å². The molecule has 0 radical (unpaired) electrons. The fraction of sp³-hybridized carbons (Fsp3) is 0.917. The highest BCUT2D eigenvalue weighted by Gasteiger charge is 2.31. The van der Waals surface area contributed by atoms with Crippen LogP contribution in [0, 0.1) is 17.8 Å². The highest BCUT2D eigenvalue weighted by Crippen LogP contribution is 2.34. The highest BCUT2D eigenvalue weighted by molar-refractivity contribution is 5.72. The van der Waals surface area contributed by atoms with Crippen molar-refractivity contribution < 1.29 is 15.0 Å². The molecule has 15 heavy (non-hydrogen) atoms. The van der Waals surface area contributed by atoms with E-state index in [9.17, 15) is 9.90 Å². The summed E-state index contributed by atoms with van der Waals surface area (Å²) in [4.78, 5) is 10.7. The summed E-state index contributed by atoms with van der Waals surface area (Å²) in [6.07, 6.45) is 4.99. The Balaban J connectivity index is 2.50. The van der Waals surface area contributed by atoms with E-state index in [0.717, 1.165) is 0 Å². The summed E-state index contributed by atoms with van der Waals surface area (Å²) in [5.41, 5.74) is 0. The second-order valence-electron chi connectivity index (χ2n) is 4.90. The fourth-order valence-electron chi connectivity index (χ4n) is 2.60. The fourth-order valence-corrected chi connectivity index (χ4v) is 2.60. The van der Waals surface area contributed by atoms with Crippen LogP contribution in [0.15, 0.2) is 0 Å². The Morgan fingerprint density at radius 3 is 2.20 bits per heavy atom. The van der Waals surface area contributed by atoms with Crippen LogP contribution in [0.2, 0.25) is 0 Å². The number of aliphatic hydroxyl groups excluding tert-OH is 1. The van der Waals surface area contributed by atoms with Gasteiger partial charge in [0.15, 0.2) is 6.10 Å². The third-order valence-electron chi connectivity index (χ3n) is 3.97. The monoisotopic (exact) mass is 214 g/mol. The maximum atomic E-state index is 10.7. The van der Waals surface area contributed by atoms with Crippen molar-refractivity contribution in [1.82, 2.24) is 0 Å². The number of carboxylic acids is 1. The molecular weight excluding hydrogens is 192 g/mol. The molecule has 0 aromatic heterocycles. The minimum Gasteiger partial charge on any atom is -0.479 e. The van der Waals surface area contributed by atoms with Crippen molar-refractivity contribution in [2.45, 2.75) is 52.1 Å². The zero-order valence-corrected chi connectivity index (χ0v) is 9.65. The Labute approximate surface area is 91.5 Å². The molecule has 1 fully saturated rings. The number of rotatable bonds is 4. The third kappa shape index (κ3) is 3.20. The van der Waals surface area contributed by atoms with Crippen molar-refractivity contribution in [2.75, 3.05) is 0 Å². The van der Waals surface area contributed by atoms with Crippen LogP contribution in [-0.4, -0.2) is 22.3 Å². The minimum absolute atomic E-state index is 0.148. The molecular formula is C12H22O3. The van der Waals surface area contributed by atoms with Crippen LogP contribution in [-0.2, 0) is 4.79 Å². The number of aliphatic carboxylic acids is 1. The molecule has 0 heterocycles. The van der Waals surface area contributed by atoms with Crippen LogP contribution in [0.3, 0.4) is 0 Å². The third-order valence-corrected chi connectivity index (χ3v) is 3.97. The van der Waals surface area contributed by atoms with E-state index < -0.39 is 12.1 Å². The van der Waals surface area contributed by atoms with Crippen molar-refractivity contribution in [2.24, 2.45) is 17.8 Å². The number of hydrogen-bond donors (Lipinski definition) is 2. The van der Waals surface area contributed by atoms with Gasteiger partial charge in [-0.15, -0.1) is 0 Å². The number of aliphatic hydroxyl groups is 1. The molecule has 0 aromatic carbocycles. The summed E-state index contributed by atoms with van der Waals surface area (Å²) in [6, 6.07) is 0. The second kappa shape index (κ2) is 5.50. The molecule has 1 aliphatic rings. The van der Waals surface area contributed by atoms with Crippen molar-refractivity contribution in [3.05, 3.63) is 0 Å². The lowest BCUT2D eigenvalue weighted by Gasteiger charge is -2.32. The first-order chi connectivity index (χ1) is 7.04. The van der Waals surface area contributed by atoms with Gasteiger partial charge in [-0.2, -0.15) is 0 Å². The van der Waals surface area contributed by atoms with E-state index >= 15 is 0 Å². The van der Waals surface area contributed by atoms with Gasteiger partial charge in [-0.05, 0) is 17.8 Å². The molecule has 0 spiro atoms. The SMILES string of the molecule is CC(C1CCCCC1)C(C)C(O)C(=O)O. The molecule has 0 saturated heterocycles.